The van der Waals surface area contributed by atoms with E-state index in [1.165, 1.54) is 6.07 Å². The van der Waals surface area contributed by atoms with Crippen molar-refractivity contribution in [3.8, 4) is 16.9 Å². The Labute approximate surface area is 109 Å². The van der Waals surface area contributed by atoms with Crippen molar-refractivity contribution in [3.05, 3.63) is 47.2 Å². The summed E-state index contributed by atoms with van der Waals surface area (Å²) in [6, 6.07) is 10.3. The van der Waals surface area contributed by atoms with Crippen LogP contribution in [-0.2, 0) is 0 Å². The summed E-state index contributed by atoms with van der Waals surface area (Å²) in [5.41, 5.74) is 2.10. The molecule has 0 spiro atoms. The van der Waals surface area contributed by atoms with Gasteiger partial charge in [-0.1, -0.05) is 23.7 Å². The number of hydrogen-bond acceptors (Lipinski definition) is 2. The van der Waals surface area contributed by atoms with E-state index < -0.39 is 0 Å². The van der Waals surface area contributed by atoms with Crippen LogP contribution in [0.2, 0.25) is 5.02 Å². The summed E-state index contributed by atoms with van der Waals surface area (Å²) in [4.78, 5) is 0. The van der Waals surface area contributed by atoms with Gasteiger partial charge in [0, 0.05) is 23.2 Å². The largest absolute Gasteiger partial charge is 0.489 e. The minimum absolute atomic E-state index is 0.306. The predicted molar refractivity (Wildman–Crippen MR) is 70.8 cm³/mol. The van der Waals surface area contributed by atoms with Gasteiger partial charge in [-0.05, 0) is 23.8 Å². The molecule has 3 rings (SSSR count). The number of nitrogens with one attached hydrogen (secondary N) is 1. The fraction of sp³-hybridized carbons (Fsp3) is 0.143. The Balaban J connectivity index is 2.12. The minimum atomic E-state index is -0.306. The zero-order valence-corrected chi connectivity index (χ0v) is 10.3. The molecule has 0 amide bonds. The van der Waals surface area contributed by atoms with Crippen LogP contribution in [0.5, 0.6) is 5.75 Å². The number of hydrogen-bond donors (Lipinski definition) is 1. The van der Waals surface area contributed by atoms with Crippen LogP contribution in [0.1, 0.15) is 0 Å². The number of rotatable bonds is 1. The van der Waals surface area contributed by atoms with Gasteiger partial charge >= 0.3 is 0 Å². The highest BCUT2D eigenvalue weighted by Crippen LogP contribution is 2.35. The maximum absolute atomic E-state index is 14.0. The molecule has 1 aliphatic rings. The Morgan fingerprint density at radius 3 is 2.94 bits per heavy atom. The molecule has 1 aliphatic heterocycles. The van der Waals surface area contributed by atoms with Gasteiger partial charge in [0.2, 0.25) is 0 Å². The van der Waals surface area contributed by atoms with E-state index in [1.807, 2.05) is 6.07 Å². The molecule has 0 unspecified atom stereocenters. The Bertz CT molecular complexity index is 600. The Kier molecular flexibility index (Phi) is 2.84. The highest BCUT2D eigenvalue weighted by atomic mass is 35.5. The lowest BCUT2D eigenvalue weighted by atomic mass is 10.0. The quantitative estimate of drug-likeness (QED) is 0.841. The first-order valence-corrected chi connectivity index (χ1v) is 6.08. The second kappa shape index (κ2) is 4.50. The zero-order valence-electron chi connectivity index (χ0n) is 9.54. The fourth-order valence-electron chi connectivity index (χ4n) is 2.04. The van der Waals surface area contributed by atoms with Crippen molar-refractivity contribution in [1.29, 1.82) is 0 Å². The van der Waals surface area contributed by atoms with Crippen molar-refractivity contribution in [2.24, 2.45) is 0 Å². The first-order valence-electron chi connectivity index (χ1n) is 5.70. The number of ether oxygens (including phenoxy) is 1. The summed E-state index contributed by atoms with van der Waals surface area (Å²) >= 11 is 5.93. The third kappa shape index (κ3) is 2.02. The lowest BCUT2D eigenvalue weighted by Gasteiger charge is -2.20. The maximum atomic E-state index is 14.0. The summed E-state index contributed by atoms with van der Waals surface area (Å²) in [6.07, 6.45) is 0. The van der Waals surface area contributed by atoms with Gasteiger partial charge in [-0.2, -0.15) is 0 Å². The van der Waals surface area contributed by atoms with E-state index in [0.29, 0.717) is 22.9 Å². The molecule has 2 aromatic carbocycles. The average molecular weight is 264 g/mol. The van der Waals surface area contributed by atoms with Gasteiger partial charge < -0.3 is 10.1 Å². The molecule has 1 heterocycles. The van der Waals surface area contributed by atoms with E-state index in [1.54, 1.807) is 24.3 Å². The molecule has 0 atom stereocenters. The Hall–Kier alpha value is -1.74. The van der Waals surface area contributed by atoms with Crippen molar-refractivity contribution in [2.75, 3.05) is 18.5 Å². The fourth-order valence-corrected chi connectivity index (χ4v) is 2.23. The zero-order chi connectivity index (χ0) is 12.5. The molecule has 92 valence electrons. The number of halogens is 2. The molecular formula is C14H11ClFNO. The summed E-state index contributed by atoms with van der Waals surface area (Å²) in [5, 5.41) is 3.78. The van der Waals surface area contributed by atoms with Crippen molar-refractivity contribution in [3.63, 3.8) is 0 Å². The molecule has 0 saturated heterocycles. The van der Waals surface area contributed by atoms with Crippen molar-refractivity contribution in [2.45, 2.75) is 0 Å². The van der Waals surface area contributed by atoms with Gasteiger partial charge in [0.1, 0.15) is 18.2 Å². The van der Waals surface area contributed by atoms with Crippen LogP contribution >= 0.6 is 11.6 Å². The van der Waals surface area contributed by atoms with Crippen LogP contribution < -0.4 is 10.1 Å². The van der Waals surface area contributed by atoms with Crippen molar-refractivity contribution >= 4 is 17.3 Å². The second-order valence-electron chi connectivity index (χ2n) is 4.11. The topological polar surface area (TPSA) is 21.3 Å². The molecule has 18 heavy (non-hydrogen) atoms. The molecule has 2 aromatic rings. The molecule has 0 saturated carbocycles. The van der Waals surface area contributed by atoms with Gasteiger partial charge in [-0.25, -0.2) is 4.39 Å². The van der Waals surface area contributed by atoms with Crippen LogP contribution in [0.4, 0.5) is 10.1 Å². The molecule has 1 N–H and O–H groups in total. The number of fused-ring (bicyclic) bond motifs is 1. The maximum Gasteiger partial charge on any atom is 0.145 e. The van der Waals surface area contributed by atoms with Crippen molar-refractivity contribution in [1.82, 2.24) is 0 Å². The normalized spacial score (nSPS) is 13.4. The van der Waals surface area contributed by atoms with Crippen LogP contribution in [-0.4, -0.2) is 13.2 Å². The van der Waals surface area contributed by atoms with E-state index in [9.17, 15) is 4.39 Å². The van der Waals surface area contributed by atoms with Crippen molar-refractivity contribution < 1.29 is 9.13 Å². The SMILES string of the molecule is Fc1cc2c(cc1-c1cccc(Cl)c1)NCCO2. The third-order valence-electron chi connectivity index (χ3n) is 2.88. The third-order valence-corrected chi connectivity index (χ3v) is 3.12. The molecule has 0 fully saturated rings. The van der Waals surface area contributed by atoms with E-state index >= 15 is 0 Å². The second-order valence-corrected chi connectivity index (χ2v) is 4.55. The highest BCUT2D eigenvalue weighted by Gasteiger charge is 2.15. The summed E-state index contributed by atoms with van der Waals surface area (Å²) < 4.78 is 19.4. The van der Waals surface area contributed by atoms with Crippen LogP contribution in [0.25, 0.3) is 11.1 Å². The van der Waals surface area contributed by atoms with Crippen LogP contribution in [0.3, 0.4) is 0 Å². The summed E-state index contributed by atoms with van der Waals surface area (Å²) in [7, 11) is 0. The van der Waals surface area contributed by atoms with Gasteiger partial charge in [0.05, 0.1) is 5.69 Å². The summed E-state index contributed by atoms with van der Waals surface area (Å²) in [6.45, 7) is 1.29. The average Bonchev–Trinajstić information content (AvgIpc) is 2.38. The van der Waals surface area contributed by atoms with E-state index in [4.69, 9.17) is 16.3 Å². The molecular weight excluding hydrogens is 253 g/mol. The van der Waals surface area contributed by atoms with Gasteiger partial charge in [-0.3, -0.25) is 0 Å². The van der Waals surface area contributed by atoms with E-state index in [2.05, 4.69) is 5.32 Å². The molecule has 0 aliphatic carbocycles. The molecule has 0 bridgehead atoms. The minimum Gasteiger partial charge on any atom is -0.489 e. The van der Waals surface area contributed by atoms with Gasteiger partial charge in [0.15, 0.2) is 0 Å². The molecule has 0 radical (unpaired) electrons. The molecule has 0 aromatic heterocycles. The van der Waals surface area contributed by atoms with Gasteiger partial charge in [-0.15, -0.1) is 0 Å². The Morgan fingerprint density at radius 2 is 2.11 bits per heavy atom. The van der Waals surface area contributed by atoms with Crippen LogP contribution in [0, 0.1) is 5.82 Å². The molecule has 4 heteroatoms. The lowest BCUT2D eigenvalue weighted by Crippen LogP contribution is -2.18. The monoisotopic (exact) mass is 263 g/mol. The lowest BCUT2D eigenvalue weighted by molar-refractivity contribution is 0.321. The standard InChI is InChI=1S/C14H11ClFNO/c15-10-3-1-2-9(6-10)11-7-13-14(8-12(11)16)18-5-4-17-13/h1-3,6-8,17H,4-5H2. The highest BCUT2D eigenvalue weighted by molar-refractivity contribution is 6.30. The Morgan fingerprint density at radius 1 is 1.22 bits per heavy atom. The van der Waals surface area contributed by atoms with Crippen LogP contribution in [0.15, 0.2) is 36.4 Å². The predicted octanol–water partition coefficient (Wildman–Crippen LogP) is 3.95. The summed E-state index contributed by atoms with van der Waals surface area (Å²) in [5.74, 6) is 0.254. The number of benzene rings is 2. The first kappa shape index (κ1) is 11.4. The van der Waals surface area contributed by atoms with E-state index in [-0.39, 0.29) is 5.82 Å². The first-order chi connectivity index (χ1) is 8.74. The smallest absolute Gasteiger partial charge is 0.145 e. The van der Waals surface area contributed by atoms with E-state index in [0.717, 1.165) is 17.8 Å². The molecule has 2 nitrogen and oxygen atoms in total. The van der Waals surface area contributed by atoms with Gasteiger partial charge in [0.25, 0.3) is 0 Å². The number of anilines is 1.